The van der Waals surface area contributed by atoms with Gasteiger partial charge in [0.15, 0.2) is 11.5 Å². The Morgan fingerprint density at radius 2 is 1.81 bits per heavy atom. The summed E-state index contributed by atoms with van der Waals surface area (Å²) < 4.78 is 40.0. The quantitative estimate of drug-likeness (QED) is 0.605. The number of aliphatic hydroxyl groups is 1. The molecule has 1 aliphatic carbocycles. The zero-order valence-electron chi connectivity index (χ0n) is 17.6. The highest BCUT2D eigenvalue weighted by Gasteiger charge is 2.29. The standard InChI is InChI=1S/C22H25ClN2O6S/c1-13-2-3-15(10-19(13)23)24-22(27)18-11-17(12-20-21(18)31-9-8-30-20)32(28,29)25-14-4-6-16(26)7-5-14/h2-3,10-12,14,16,25-26H,4-9H2,1H3,(H,24,27). The first kappa shape index (κ1) is 22.8. The molecule has 10 heteroatoms. The topological polar surface area (TPSA) is 114 Å². The van der Waals surface area contributed by atoms with Gasteiger partial charge in [0.2, 0.25) is 10.0 Å². The second kappa shape index (κ2) is 9.27. The van der Waals surface area contributed by atoms with E-state index in [2.05, 4.69) is 10.0 Å². The van der Waals surface area contributed by atoms with E-state index in [4.69, 9.17) is 21.1 Å². The number of hydrogen-bond acceptors (Lipinski definition) is 6. The van der Waals surface area contributed by atoms with Crippen molar-refractivity contribution < 1.29 is 27.8 Å². The summed E-state index contributed by atoms with van der Waals surface area (Å²) in [5.41, 5.74) is 1.40. The Kier molecular flexibility index (Phi) is 6.62. The van der Waals surface area contributed by atoms with E-state index in [1.54, 1.807) is 18.2 Å². The summed E-state index contributed by atoms with van der Waals surface area (Å²) in [5, 5.41) is 12.9. The lowest BCUT2D eigenvalue weighted by Crippen LogP contribution is -2.38. The molecule has 1 aliphatic heterocycles. The number of anilines is 1. The lowest BCUT2D eigenvalue weighted by atomic mass is 9.94. The first-order valence-electron chi connectivity index (χ1n) is 10.4. The molecule has 172 valence electrons. The molecule has 0 saturated heterocycles. The van der Waals surface area contributed by atoms with Gasteiger partial charge in [-0.25, -0.2) is 13.1 Å². The van der Waals surface area contributed by atoms with Gasteiger partial charge in [0, 0.05) is 22.8 Å². The Morgan fingerprint density at radius 3 is 2.53 bits per heavy atom. The molecule has 0 bridgehead atoms. The zero-order valence-corrected chi connectivity index (χ0v) is 19.1. The number of carbonyl (C=O) groups is 1. The van der Waals surface area contributed by atoms with E-state index < -0.39 is 22.0 Å². The van der Waals surface area contributed by atoms with Crippen LogP contribution in [0.4, 0.5) is 5.69 Å². The lowest BCUT2D eigenvalue weighted by molar-refractivity contribution is 0.101. The Bertz CT molecular complexity index is 1130. The minimum atomic E-state index is -3.92. The van der Waals surface area contributed by atoms with Crippen LogP contribution < -0.4 is 19.5 Å². The summed E-state index contributed by atoms with van der Waals surface area (Å²) >= 11 is 6.15. The van der Waals surface area contributed by atoms with Gasteiger partial charge in [-0.1, -0.05) is 17.7 Å². The Morgan fingerprint density at radius 1 is 1.09 bits per heavy atom. The molecule has 0 unspecified atom stereocenters. The number of hydrogen-bond donors (Lipinski definition) is 3. The molecule has 0 spiro atoms. The predicted molar refractivity (Wildman–Crippen MR) is 120 cm³/mol. The van der Waals surface area contributed by atoms with Crippen molar-refractivity contribution in [3.63, 3.8) is 0 Å². The fraction of sp³-hybridized carbons (Fsp3) is 0.409. The van der Waals surface area contributed by atoms with Gasteiger partial charge in [0.1, 0.15) is 13.2 Å². The summed E-state index contributed by atoms with van der Waals surface area (Å²) in [6.07, 6.45) is 1.79. The highest BCUT2D eigenvalue weighted by Crippen LogP contribution is 2.37. The first-order valence-corrected chi connectivity index (χ1v) is 12.3. The summed E-state index contributed by atoms with van der Waals surface area (Å²) in [5.74, 6) is -0.138. The van der Waals surface area contributed by atoms with Crippen LogP contribution in [-0.4, -0.2) is 44.8 Å². The van der Waals surface area contributed by atoms with Crippen molar-refractivity contribution in [1.29, 1.82) is 0 Å². The van der Waals surface area contributed by atoms with E-state index in [-0.39, 0.29) is 41.2 Å². The van der Waals surface area contributed by atoms with Crippen molar-refractivity contribution >= 4 is 33.2 Å². The number of rotatable bonds is 5. The minimum Gasteiger partial charge on any atom is -0.486 e. The summed E-state index contributed by atoms with van der Waals surface area (Å²) in [6, 6.07) is 7.50. The summed E-state index contributed by atoms with van der Waals surface area (Å²) in [6.45, 7) is 2.35. The molecule has 1 amide bonds. The number of aryl methyl sites for hydroxylation is 1. The van der Waals surface area contributed by atoms with Crippen molar-refractivity contribution in [1.82, 2.24) is 4.72 Å². The van der Waals surface area contributed by atoms with E-state index in [1.165, 1.54) is 12.1 Å². The molecule has 0 radical (unpaired) electrons. The van der Waals surface area contributed by atoms with Crippen LogP contribution in [0, 0.1) is 6.92 Å². The van der Waals surface area contributed by atoms with Crippen LogP contribution in [0.3, 0.4) is 0 Å². The highest BCUT2D eigenvalue weighted by atomic mass is 35.5. The third kappa shape index (κ3) is 5.01. The molecule has 4 rings (SSSR count). The Hall–Kier alpha value is -2.33. The molecule has 8 nitrogen and oxygen atoms in total. The molecule has 0 aromatic heterocycles. The van der Waals surface area contributed by atoms with Crippen molar-refractivity contribution in [2.45, 2.75) is 49.6 Å². The van der Waals surface area contributed by atoms with Crippen LogP contribution in [0.25, 0.3) is 0 Å². The number of amides is 1. The van der Waals surface area contributed by atoms with Gasteiger partial charge >= 0.3 is 0 Å². The van der Waals surface area contributed by atoms with Gasteiger partial charge in [-0.2, -0.15) is 0 Å². The minimum absolute atomic E-state index is 0.0540. The molecular weight excluding hydrogens is 456 g/mol. The van der Waals surface area contributed by atoms with Crippen LogP contribution in [0.5, 0.6) is 11.5 Å². The Balaban J connectivity index is 1.64. The second-order valence-electron chi connectivity index (χ2n) is 8.04. The van der Waals surface area contributed by atoms with Gasteiger partial charge in [-0.05, 0) is 56.4 Å². The van der Waals surface area contributed by atoms with Crippen LogP contribution in [0.1, 0.15) is 41.6 Å². The van der Waals surface area contributed by atoms with Gasteiger partial charge in [-0.15, -0.1) is 0 Å². The number of halogens is 1. The number of carbonyl (C=O) groups excluding carboxylic acids is 1. The molecule has 2 aromatic carbocycles. The first-order chi connectivity index (χ1) is 15.2. The van der Waals surface area contributed by atoms with Crippen molar-refractivity contribution in [3.8, 4) is 11.5 Å². The maximum atomic E-state index is 13.1. The van der Waals surface area contributed by atoms with Crippen molar-refractivity contribution in [2.24, 2.45) is 0 Å². The normalized spacial score (nSPS) is 20.6. The number of sulfonamides is 1. The summed E-state index contributed by atoms with van der Waals surface area (Å²) in [4.78, 5) is 13.0. The van der Waals surface area contributed by atoms with Gasteiger partial charge in [0.25, 0.3) is 5.91 Å². The molecular formula is C22H25ClN2O6S. The van der Waals surface area contributed by atoms with E-state index in [0.29, 0.717) is 36.4 Å². The average molecular weight is 481 g/mol. The van der Waals surface area contributed by atoms with E-state index in [1.807, 2.05) is 6.92 Å². The molecule has 1 heterocycles. The monoisotopic (exact) mass is 480 g/mol. The lowest BCUT2D eigenvalue weighted by Gasteiger charge is -2.26. The van der Waals surface area contributed by atoms with Crippen molar-refractivity contribution in [3.05, 3.63) is 46.5 Å². The summed E-state index contributed by atoms with van der Waals surface area (Å²) in [7, 11) is -3.92. The second-order valence-corrected chi connectivity index (χ2v) is 10.2. The van der Waals surface area contributed by atoms with Gasteiger partial charge in [0.05, 0.1) is 16.6 Å². The third-order valence-electron chi connectivity index (χ3n) is 5.62. The van der Waals surface area contributed by atoms with Crippen LogP contribution in [0.2, 0.25) is 5.02 Å². The maximum absolute atomic E-state index is 13.1. The molecule has 2 aromatic rings. The predicted octanol–water partition coefficient (Wildman–Crippen LogP) is 3.25. The number of benzene rings is 2. The highest BCUT2D eigenvalue weighted by molar-refractivity contribution is 7.89. The maximum Gasteiger partial charge on any atom is 0.259 e. The number of fused-ring (bicyclic) bond motifs is 1. The smallest absolute Gasteiger partial charge is 0.259 e. The van der Waals surface area contributed by atoms with Gasteiger partial charge in [-0.3, -0.25) is 4.79 Å². The van der Waals surface area contributed by atoms with E-state index in [0.717, 1.165) is 5.56 Å². The number of ether oxygens (including phenoxy) is 2. The molecule has 0 atom stereocenters. The molecule has 32 heavy (non-hydrogen) atoms. The van der Waals surface area contributed by atoms with Crippen LogP contribution in [0.15, 0.2) is 35.2 Å². The molecule has 3 N–H and O–H groups in total. The van der Waals surface area contributed by atoms with E-state index in [9.17, 15) is 18.3 Å². The third-order valence-corrected chi connectivity index (χ3v) is 7.53. The van der Waals surface area contributed by atoms with Crippen LogP contribution in [-0.2, 0) is 10.0 Å². The van der Waals surface area contributed by atoms with Crippen LogP contribution >= 0.6 is 11.6 Å². The molecule has 1 saturated carbocycles. The van der Waals surface area contributed by atoms with Gasteiger partial charge < -0.3 is 19.9 Å². The number of aliphatic hydroxyl groups excluding tert-OH is 1. The molecule has 2 aliphatic rings. The SMILES string of the molecule is Cc1ccc(NC(=O)c2cc(S(=O)(=O)NC3CCC(O)CC3)cc3c2OCCO3)cc1Cl. The zero-order chi connectivity index (χ0) is 22.9. The van der Waals surface area contributed by atoms with E-state index >= 15 is 0 Å². The Labute approximate surface area is 191 Å². The fourth-order valence-corrected chi connectivity index (χ4v) is 5.33. The number of nitrogens with one attached hydrogen (secondary N) is 2. The fourth-order valence-electron chi connectivity index (χ4n) is 3.80. The average Bonchev–Trinajstić information content (AvgIpc) is 2.77. The molecule has 1 fully saturated rings. The van der Waals surface area contributed by atoms with Crippen molar-refractivity contribution in [2.75, 3.05) is 18.5 Å². The largest absolute Gasteiger partial charge is 0.486 e.